The molecule has 0 aliphatic rings. The topological polar surface area (TPSA) is 12.9 Å². The Kier molecular flexibility index (Phi) is 2.81. The normalized spacial score (nSPS) is 10.9. The molecule has 5 heteroatoms. The first-order chi connectivity index (χ1) is 6.61. The van der Waals surface area contributed by atoms with E-state index >= 15 is 0 Å². The van der Waals surface area contributed by atoms with Crippen molar-refractivity contribution in [2.45, 2.75) is 0 Å². The maximum Gasteiger partial charge on any atom is 0.161 e. The number of pyridine rings is 1. The molecule has 0 spiro atoms. The van der Waals surface area contributed by atoms with Crippen molar-refractivity contribution in [2.75, 3.05) is 0 Å². The Balaban J connectivity index is 2.99. The summed E-state index contributed by atoms with van der Waals surface area (Å²) in [5.74, 6) is -0.579. The first-order valence-electron chi connectivity index (χ1n) is 3.68. The van der Waals surface area contributed by atoms with E-state index in [1.54, 1.807) is 12.4 Å². The summed E-state index contributed by atoms with van der Waals surface area (Å²) in [4.78, 5) is 3.98. The number of halogens is 4. The first-order valence-corrected chi connectivity index (χ1v) is 5.51. The summed E-state index contributed by atoms with van der Waals surface area (Å²) < 4.78 is 14.2. The predicted octanol–water partition coefficient (Wildman–Crippen LogP) is 4.29. The summed E-state index contributed by atoms with van der Waals surface area (Å²) in [7, 11) is 0. The molecule has 1 aromatic carbocycles. The van der Waals surface area contributed by atoms with Crippen LogP contribution in [0.25, 0.3) is 10.8 Å². The van der Waals surface area contributed by atoms with Crippen LogP contribution in [-0.2, 0) is 0 Å². The molecule has 0 aliphatic carbocycles. The average Bonchev–Trinajstić information content (AvgIpc) is 2.14. The molecule has 0 fully saturated rings. The van der Waals surface area contributed by atoms with Crippen LogP contribution < -0.4 is 0 Å². The predicted molar refractivity (Wildman–Crippen MR) is 64.4 cm³/mol. The molecule has 0 radical (unpaired) electrons. The molecule has 0 N–H and O–H groups in total. The van der Waals surface area contributed by atoms with E-state index in [0.717, 1.165) is 8.96 Å². The van der Waals surface area contributed by atoms with Crippen molar-refractivity contribution >= 4 is 56.6 Å². The summed E-state index contributed by atoms with van der Waals surface area (Å²) in [6.45, 7) is 0. The number of hydrogen-bond donors (Lipinski definition) is 0. The lowest BCUT2D eigenvalue weighted by Gasteiger charge is -2.04. The quantitative estimate of drug-likeness (QED) is 0.514. The molecule has 1 aromatic heterocycles. The summed E-state index contributed by atoms with van der Waals surface area (Å²) in [5.41, 5.74) is 0. The molecule has 14 heavy (non-hydrogen) atoms. The fraction of sp³-hybridized carbons (Fsp3) is 0. The zero-order chi connectivity index (χ0) is 10.3. The van der Waals surface area contributed by atoms with E-state index in [2.05, 4.69) is 27.6 Å². The highest BCUT2D eigenvalue weighted by atomic mass is 127. The van der Waals surface area contributed by atoms with Crippen molar-refractivity contribution in [1.29, 1.82) is 0 Å². The van der Waals surface area contributed by atoms with Gasteiger partial charge in [0.05, 0.1) is 10.0 Å². The van der Waals surface area contributed by atoms with Crippen LogP contribution in [0.5, 0.6) is 0 Å². The lowest BCUT2D eigenvalue weighted by atomic mass is 10.2. The van der Waals surface area contributed by atoms with Gasteiger partial charge in [0.15, 0.2) is 5.82 Å². The van der Waals surface area contributed by atoms with Crippen LogP contribution in [0.4, 0.5) is 4.39 Å². The van der Waals surface area contributed by atoms with Crippen LogP contribution in [0, 0.1) is 9.39 Å². The number of fused-ring (bicyclic) bond motifs is 1. The maximum atomic E-state index is 13.4. The molecule has 0 bridgehead atoms. The lowest BCUT2D eigenvalue weighted by Crippen LogP contribution is -1.87. The van der Waals surface area contributed by atoms with E-state index in [1.165, 1.54) is 6.07 Å². The summed E-state index contributed by atoms with van der Waals surface area (Å²) in [5, 5.41) is 1.48. The van der Waals surface area contributed by atoms with Gasteiger partial charge in [-0.3, -0.25) is 4.98 Å². The molecule has 0 atom stereocenters. The van der Waals surface area contributed by atoms with Crippen molar-refractivity contribution in [3.05, 3.63) is 37.9 Å². The number of hydrogen-bond acceptors (Lipinski definition) is 1. The zero-order valence-corrected chi connectivity index (χ0v) is 10.4. The summed E-state index contributed by atoms with van der Waals surface area (Å²) in [6.07, 6.45) is 3.23. The standard InChI is InChI=1S/C9H3Cl2FIN/c10-5-1-4-2-14-3-6(13)7(4)8(11)9(5)12/h1-3H. The molecule has 72 valence electrons. The molecule has 1 heterocycles. The smallest absolute Gasteiger partial charge is 0.161 e. The Morgan fingerprint density at radius 3 is 2.71 bits per heavy atom. The van der Waals surface area contributed by atoms with Crippen LogP contribution >= 0.6 is 45.8 Å². The Hall–Kier alpha value is -0.130. The van der Waals surface area contributed by atoms with Crippen molar-refractivity contribution in [1.82, 2.24) is 4.98 Å². The van der Waals surface area contributed by atoms with Crippen LogP contribution in [0.3, 0.4) is 0 Å². The lowest BCUT2D eigenvalue weighted by molar-refractivity contribution is 0.630. The van der Waals surface area contributed by atoms with Crippen LogP contribution in [0.15, 0.2) is 18.5 Å². The molecule has 0 saturated heterocycles. The zero-order valence-electron chi connectivity index (χ0n) is 6.69. The number of rotatable bonds is 0. The van der Waals surface area contributed by atoms with E-state index in [4.69, 9.17) is 23.2 Å². The molecule has 0 unspecified atom stereocenters. The van der Waals surface area contributed by atoms with Crippen LogP contribution in [-0.4, -0.2) is 4.98 Å². The second-order valence-corrected chi connectivity index (χ2v) is 4.65. The third kappa shape index (κ3) is 1.57. The molecule has 0 saturated carbocycles. The van der Waals surface area contributed by atoms with Gasteiger partial charge in [0.2, 0.25) is 0 Å². The minimum atomic E-state index is -0.579. The summed E-state index contributed by atoms with van der Waals surface area (Å²) in [6, 6.07) is 1.52. The van der Waals surface area contributed by atoms with E-state index in [9.17, 15) is 4.39 Å². The fourth-order valence-electron chi connectivity index (χ4n) is 1.21. The van der Waals surface area contributed by atoms with E-state index in [1.807, 2.05) is 0 Å². The van der Waals surface area contributed by atoms with E-state index in [0.29, 0.717) is 5.39 Å². The monoisotopic (exact) mass is 341 g/mol. The Morgan fingerprint density at radius 2 is 2.00 bits per heavy atom. The van der Waals surface area contributed by atoms with Crippen molar-refractivity contribution < 1.29 is 4.39 Å². The molecule has 2 rings (SSSR count). The van der Waals surface area contributed by atoms with E-state index in [-0.39, 0.29) is 10.0 Å². The van der Waals surface area contributed by atoms with Gasteiger partial charge in [-0.1, -0.05) is 23.2 Å². The second kappa shape index (κ2) is 3.79. The van der Waals surface area contributed by atoms with Gasteiger partial charge >= 0.3 is 0 Å². The molecule has 2 aromatic rings. The third-order valence-corrected chi connectivity index (χ3v) is 3.28. The molecular weight excluding hydrogens is 339 g/mol. The first kappa shape index (κ1) is 10.4. The van der Waals surface area contributed by atoms with Gasteiger partial charge in [0, 0.05) is 26.7 Å². The average molecular weight is 342 g/mol. The van der Waals surface area contributed by atoms with Crippen molar-refractivity contribution in [3.8, 4) is 0 Å². The van der Waals surface area contributed by atoms with Gasteiger partial charge in [-0.2, -0.15) is 0 Å². The summed E-state index contributed by atoms with van der Waals surface area (Å²) >= 11 is 13.6. The highest BCUT2D eigenvalue weighted by Crippen LogP contribution is 2.33. The largest absolute Gasteiger partial charge is 0.263 e. The minimum absolute atomic E-state index is 0.0197. The maximum absolute atomic E-state index is 13.4. The highest BCUT2D eigenvalue weighted by Gasteiger charge is 2.12. The number of aromatic nitrogens is 1. The van der Waals surface area contributed by atoms with Crippen LogP contribution in [0.1, 0.15) is 0 Å². The van der Waals surface area contributed by atoms with Gasteiger partial charge in [0.25, 0.3) is 0 Å². The van der Waals surface area contributed by atoms with Gasteiger partial charge < -0.3 is 0 Å². The molecule has 0 aliphatic heterocycles. The molecule has 0 amide bonds. The van der Waals surface area contributed by atoms with Gasteiger partial charge in [-0.25, -0.2) is 4.39 Å². The van der Waals surface area contributed by atoms with Crippen molar-refractivity contribution in [2.24, 2.45) is 0 Å². The Labute approximate surface area is 103 Å². The van der Waals surface area contributed by atoms with Crippen molar-refractivity contribution in [3.63, 3.8) is 0 Å². The Bertz CT molecular complexity index is 516. The SMILES string of the molecule is Fc1c(Cl)cc2cncc(I)c2c1Cl. The third-order valence-electron chi connectivity index (χ3n) is 1.83. The highest BCUT2D eigenvalue weighted by molar-refractivity contribution is 14.1. The number of nitrogens with zero attached hydrogens (tertiary/aromatic N) is 1. The second-order valence-electron chi connectivity index (χ2n) is 2.71. The van der Waals surface area contributed by atoms with Gasteiger partial charge in [-0.15, -0.1) is 0 Å². The van der Waals surface area contributed by atoms with E-state index < -0.39 is 5.82 Å². The minimum Gasteiger partial charge on any atom is -0.263 e. The number of benzene rings is 1. The Morgan fingerprint density at radius 1 is 1.29 bits per heavy atom. The molecule has 1 nitrogen and oxygen atoms in total. The van der Waals surface area contributed by atoms with Crippen LogP contribution in [0.2, 0.25) is 10.0 Å². The molecular formula is C9H3Cl2FIN. The fourth-order valence-corrected chi connectivity index (χ4v) is 2.68. The van der Waals surface area contributed by atoms with Gasteiger partial charge in [-0.05, 0) is 28.7 Å². The van der Waals surface area contributed by atoms with Gasteiger partial charge in [0.1, 0.15) is 0 Å².